The van der Waals surface area contributed by atoms with Gasteiger partial charge >= 0.3 is 5.63 Å². The van der Waals surface area contributed by atoms with Crippen LogP contribution in [-0.4, -0.2) is 4.57 Å². The minimum absolute atomic E-state index is 0.280. The molecular formula is C19H15NO2. The Morgan fingerprint density at radius 3 is 2.64 bits per heavy atom. The number of hydrogen-bond acceptors (Lipinski definition) is 2. The fourth-order valence-corrected chi connectivity index (χ4v) is 3.04. The van der Waals surface area contributed by atoms with E-state index in [1.165, 1.54) is 5.56 Å². The molecule has 4 rings (SSSR count). The summed E-state index contributed by atoms with van der Waals surface area (Å²) in [5.41, 5.74) is 4.41. The van der Waals surface area contributed by atoms with Gasteiger partial charge in [0.05, 0.1) is 10.9 Å². The summed E-state index contributed by atoms with van der Waals surface area (Å²) >= 11 is 0. The van der Waals surface area contributed by atoms with Crippen LogP contribution in [0.15, 0.2) is 63.9 Å². The van der Waals surface area contributed by atoms with Crippen molar-refractivity contribution in [1.82, 2.24) is 4.57 Å². The number of aryl methyl sites for hydroxylation is 2. The molecule has 0 fully saturated rings. The van der Waals surface area contributed by atoms with E-state index in [0.29, 0.717) is 11.0 Å². The molecule has 0 aliphatic heterocycles. The molecular weight excluding hydrogens is 274 g/mol. The van der Waals surface area contributed by atoms with Crippen molar-refractivity contribution >= 4 is 21.9 Å². The first-order valence-corrected chi connectivity index (χ1v) is 7.26. The molecule has 108 valence electrons. The largest absolute Gasteiger partial charge is 0.422 e. The van der Waals surface area contributed by atoms with E-state index >= 15 is 0 Å². The highest BCUT2D eigenvalue weighted by molar-refractivity contribution is 6.04. The minimum Gasteiger partial charge on any atom is -0.422 e. The van der Waals surface area contributed by atoms with Gasteiger partial charge in [-0.15, -0.1) is 0 Å². The second kappa shape index (κ2) is 4.60. The topological polar surface area (TPSA) is 35.1 Å². The van der Waals surface area contributed by atoms with Crippen molar-refractivity contribution in [1.29, 1.82) is 0 Å². The number of benzene rings is 2. The molecule has 0 N–H and O–H groups in total. The second-order valence-electron chi connectivity index (χ2n) is 5.63. The highest BCUT2D eigenvalue weighted by Gasteiger charge is 2.15. The van der Waals surface area contributed by atoms with E-state index in [0.717, 1.165) is 22.2 Å². The Balaban J connectivity index is 2.23. The summed E-state index contributed by atoms with van der Waals surface area (Å²) in [6, 6.07) is 15.9. The van der Waals surface area contributed by atoms with Crippen LogP contribution in [0.25, 0.3) is 27.6 Å². The van der Waals surface area contributed by atoms with Crippen LogP contribution in [0, 0.1) is 13.8 Å². The number of aromatic nitrogens is 1. The minimum atomic E-state index is -0.280. The third kappa shape index (κ3) is 1.79. The highest BCUT2D eigenvalue weighted by atomic mass is 16.4. The Kier molecular flexibility index (Phi) is 2.70. The van der Waals surface area contributed by atoms with Crippen molar-refractivity contribution in [2.24, 2.45) is 0 Å². The van der Waals surface area contributed by atoms with Gasteiger partial charge in [0.1, 0.15) is 5.58 Å². The normalized spacial score (nSPS) is 11.4. The van der Waals surface area contributed by atoms with Crippen LogP contribution in [-0.2, 0) is 0 Å². The molecule has 3 nitrogen and oxygen atoms in total. The van der Waals surface area contributed by atoms with Gasteiger partial charge in [-0.05, 0) is 49.2 Å². The van der Waals surface area contributed by atoms with Crippen LogP contribution in [0.2, 0.25) is 0 Å². The molecule has 0 spiro atoms. The van der Waals surface area contributed by atoms with E-state index in [1.807, 2.05) is 43.5 Å². The third-order valence-corrected chi connectivity index (χ3v) is 4.02. The summed E-state index contributed by atoms with van der Waals surface area (Å²) in [4.78, 5) is 12.3. The van der Waals surface area contributed by atoms with E-state index in [9.17, 15) is 4.79 Å². The van der Waals surface area contributed by atoms with Gasteiger partial charge in [0.2, 0.25) is 0 Å². The molecule has 22 heavy (non-hydrogen) atoms. The summed E-state index contributed by atoms with van der Waals surface area (Å²) in [6.07, 6.45) is 2.00. The molecule has 0 saturated heterocycles. The lowest BCUT2D eigenvalue weighted by atomic mass is 10.1. The summed E-state index contributed by atoms with van der Waals surface area (Å²) < 4.78 is 7.54. The van der Waals surface area contributed by atoms with Gasteiger partial charge in [0.25, 0.3) is 0 Å². The molecule has 2 aromatic heterocycles. The number of nitrogens with zero attached hydrogens (tertiary/aromatic N) is 1. The van der Waals surface area contributed by atoms with Crippen LogP contribution >= 0.6 is 0 Å². The molecule has 0 bridgehead atoms. The lowest BCUT2D eigenvalue weighted by Gasteiger charge is -2.08. The maximum Gasteiger partial charge on any atom is 0.346 e. The third-order valence-electron chi connectivity index (χ3n) is 4.02. The van der Waals surface area contributed by atoms with Crippen molar-refractivity contribution in [3.8, 4) is 5.69 Å². The number of fused-ring (bicyclic) bond motifs is 3. The Labute approximate surface area is 127 Å². The number of para-hydroxylation sites is 1. The molecule has 2 heterocycles. The molecule has 4 aromatic rings. The zero-order valence-corrected chi connectivity index (χ0v) is 12.5. The van der Waals surface area contributed by atoms with Gasteiger partial charge in [-0.2, -0.15) is 0 Å². The van der Waals surface area contributed by atoms with E-state index in [-0.39, 0.29) is 5.63 Å². The first kappa shape index (κ1) is 12.9. The van der Waals surface area contributed by atoms with E-state index in [2.05, 4.69) is 29.7 Å². The van der Waals surface area contributed by atoms with Crippen LogP contribution in [0.5, 0.6) is 0 Å². The zero-order chi connectivity index (χ0) is 15.3. The fraction of sp³-hybridized carbons (Fsp3) is 0.105. The quantitative estimate of drug-likeness (QED) is 0.488. The molecule has 0 saturated carbocycles. The van der Waals surface area contributed by atoms with Crippen molar-refractivity contribution in [2.75, 3.05) is 0 Å². The Hall–Kier alpha value is -2.81. The zero-order valence-electron chi connectivity index (χ0n) is 12.5. The smallest absolute Gasteiger partial charge is 0.346 e. The van der Waals surface area contributed by atoms with Crippen molar-refractivity contribution in [2.45, 2.75) is 13.8 Å². The van der Waals surface area contributed by atoms with E-state index in [4.69, 9.17) is 4.42 Å². The van der Waals surface area contributed by atoms with Crippen LogP contribution in [0.1, 0.15) is 11.1 Å². The predicted octanol–water partition coefficient (Wildman–Crippen LogP) is 4.35. The lowest BCUT2D eigenvalue weighted by molar-refractivity contribution is 0.569. The average molecular weight is 289 g/mol. The molecule has 0 atom stereocenters. The van der Waals surface area contributed by atoms with Gasteiger partial charge < -0.3 is 8.98 Å². The van der Waals surface area contributed by atoms with Gasteiger partial charge in [-0.25, -0.2) is 4.79 Å². The molecule has 0 unspecified atom stereocenters. The van der Waals surface area contributed by atoms with Crippen molar-refractivity contribution in [3.63, 3.8) is 0 Å². The van der Waals surface area contributed by atoms with Crippen LogP contribution in [0.4, 0.5) is 0 Å². The van der Waals surface area contributed by atoms with Gasteiger partial charge in [-0.3, -0.25) is 0 Å². The fourth-order valence-electron chi connectivity index (χ4n) is 3.04. The van der Waals surface area contributed by atoms with Gasteiger partial charge in [0, 0.05) is 17.3 Å². The van der Waals surface area contributed by atoms with Crippen LogP contribution < -0.4 is 5.63 Å². The monoisotopic (exact) mass is 289 g/mol. The maximum atomic E-state index is 12.3. The maximum absolute atomic E-state index is 12.3. The average Bonchev–Trinajstić information content (AvgIpc) is 2.86. The molecule has 2 aromatic carbocycles. The molecule has 0 aliphatic carbocycles. The predicted molar refractivity (Wildman–Crippen MR) is 88.8 cm³/mol. The SMILES string of the molecule is Cc1cccc(-n2cc(C)c3c(=O)oc4ccccc4c32)c1. The first-order valence-electron chi connectivity index (χ1n) is 7.26. The molecule has 3 heteroatoms. The summed E-state index contributed by atoms with van der Waals surface area (Å²) in [6.45, 7) is 4.01. The Morgan fingerprint density at radius 1 is 1.00 bits per heavy atom. The Bertz CT molecular complexity index is 1070. The summed E-state index contributed by atoms with van der Waals surface area (Å²) in [5.74, 6) is 0. The number of rotatable bonds is 1. The van der Waals surface area contributed by atoms with Crippen molar-refractivity contribution < 1.29 is 4.42 Å². The Morgan fingerprint density at radius 2 is 1.82 bits per heavy atom. The lowest BCUT2D eigenvalue weighted by Crippen LogP contribution is -2.01. The highest BCUT2D eigenvalue weighted by Crippen LogP contribution is 2.29. The summed E-state index contributed by atoms with van der Waals surface area (Å²) in [5, 5.41) is 1.60. The van der Waals surface area contributed by atoms with Crippen molar-refractivity contribution in [3.05, 3.63) is 76.3 Å². The standard InChI is InChI=1S/C19H15NO2/c1-12-6-5-7-14(10-12)20-11-13(2)17-18(20)15-8-3-4-9-16(15)22-19(17)21/h3-11H,1-2H3. The number of hydrogen-bond donors (Lipinski definition) is 0. The van der Waals surface area contributed by atoms with E-state index in [1.54, 1.807) is 0 Å². The van der Waals surface area contributed by atoms with Crippen LogP contribution in [0.3, 0.4) is 0 Å². The first-order chi connectivity index (χ1) is 10.6. The van der Waals surface area contributed by atoms with Gasteiger partial charge in [-0.1, -0.05) is 24.3 Å². The second-order valence-corrected chi connectivity index (χ2v) is 5.63. The molecule has 0 radical (unpaired) electrons. The molecule has 0 amide bonds. The van der Waals surface area contributed by atoms with E-state index < -0.39 is 0 Å². The van der Waals surface area contributed by atoms with Gasteiger partial charge in [0.15, 0.2) is 0 Å². The molecule has 0 aliphatic rings. The summed E-state index contributed by atoms with van der Waals surface area (Å²) in [7, 11) is 0.